The van der Waals surface area contributed by atoms with Crippen molar-refractivity contribution >= 4 is 35.2 Å². The molecule has 94 valence electrons. The third kappa shape index (κ3) is 4.35. The van der Waals surface area contributed by atoms with Gasteiger partial charge in [-0.3, -0.25) is 0 Å². The number of benzene rings is 1. The Morgan fingerprint density at radius 1 is 1.47 bits per heavy atom. The summed E-state index contributed by atoms with van der Waals surface area (Å²) in [6.07, 6.45) is 0. The summed E-state index contributed by atoms with van der Waals surface area (Å²) in [5.74, 6) is -0.766. The molecule has 1 N–H and O–H groups in total. The Kier molecular flexibility index (Phi) is 4.53. The van der Waals surface area contributed by atoms with Gasteiger partial charge < -0.3 is 9.46 Å². The number of alkyl halides is 3. The Balaban J connectivity index is 2.94. The Hall–Kier alpha value is -1.08. The molecule has 0 saturated heterocycles. The maximum absolute atomic E-state index is 12.0. The summed E-state index contributed by atoms with van der Waals surface area (Å²) in [5.41, 5.74) is -4.52. The number of carbonyl (C=O) groups excluding carboxylic acids is 1. The smallest absolute Gasteiger partial charge is 0.461 e. The molecule has 0 spiro atoms. The summed E-state index contributed by atoms with van der Waals surface area (Å²) < 4.78 is 42.4. The topological polar surface area (TPSA) is 38.3 Å². The highest BCUT2D eigenvalue weighted by atomic mass is 35.5. The van der Waals surface area contributed by atoms with Gasteiger partial charge >= 0.3 is 11.5 Å². The van der Waals surface area contributed by atoms with Crippen molar-refractivity contribution in [2.45, 2.75) is 5.51 Å². The SMILES string of the molecule is COC(=O)c1cc(Cl)ccc1NSC(F)(F)F. The third-order valence-corrected chi connectivity index (χ3v) is 2.45. The Morgan fingerprint density at radius 3 is 2.65 bits per heavy atom. The van der Waals surface area contributed by atoms with Gasteiger partial charge in [-0.25, -0.2) is 4.79 Å². The number of ether oxygens (including phenoxy) is 1. The minimum Gasteiger partial charge on any atom is -0.465 e. The lowest BCUT2D eigenvalue weighted by Gasteiger charge is -2.11. The van der Waals surface area contributed by atoms with Crippen LogP contribution in [0.15, 0.2) is 18.2 Å². The molecule has 0 aliphatic carbocycles. The van der Waals surface area contributed by atoms with Crippen LogP contribution in [0, 0.1) is 0 Å². The number of halogens is 4. The molecule has 0 heterocycles. The van der Waals surface area contributed by atoms with Crippen LogP contribution in [-0.4, -0.2) is 18.6 Å². The zero-order valence-electron chi connectivity index (χ0n) is 8.47. The molecule has 0 aliphatic heterocycles. The monoisotopic (exact) mass is 285 g/mol. The van der Waals surface area contributed by atoms with E-state index in [4.69, 9.17) is 11.6 Å². The van der Waals surface area contributed by atoms with Crippen LogP contribution in [0.2, 0.25) is 5.02 Å². The molecule has 1 rings (SSSR count). The Bertz CT molecular complexity index is 425. The second-order valence-corrected chi connectivity index (χ2v) is 4.14. The van der Waals surface area contributed by atoms with Crippen LogP contribution < -0.4 is 4.72 Å². The lowest BCUT2D eigenvalue weighted by molar-refractivity contribution is -0.0324. The van der Waals surface area contributed by atoms with Crippen molar-refractivity contribution in [2.24, 2.45) is 0 Å². The predicted octanol–water partition coefficient (Wildman–Crippen LogP) is 3.71. The summed E-state index contributed by atoms with van der Waals surface area (Å²) in [6, 6.07) is 3.87. The summed E-state index contributed by atoms with van der Waals surface area (Å²) in [5, 5.41) is 0.230. The van der Waals surface area contributed by atoms with E-state index in [1.54, 1.807) is 0 Å². The normalized spacial score (nSPS) is 11.1. The number of hydrogen-bond acceptors (Lipinski definition) is 4. The van der Waals surface area contributed by atoms with E-state index >= 15 is 0 Å². The molecule has 1 aromatic carbocycles. The molecule has 8 heteroatoms. The summed E-state index contributed by atoms with van der Waals surface area (Å²) in [7, 11) is 1.13. The van der Waals surface area contributed by atoms with Gasteiger partial charge in [-0.05, 0) is 18.2 Å². The molecule has 0 radical (unpaired) electrons. The van der Waals surface area contributed by atoms with Gasteiger partial charge in [-0.2, -0.15) is 13.2 Å². The fraction of sp³-hybridized carbons (Fsp3) is 0.222. The molecule has 3 nitrogen and oxygen atoms in total. The maximum Gasteiger partial charge on any atom is 0.461 e. The molecule has 0 saturated carbocycles. The van der Waals surface area contributed by atoms with Crippen LogP contribution in [-0.2, 0) is 4.74 Å². The molecule has 0 atom stereocenters. The molecular weight excluding hydrogens is 279 g/mol. The highest BCUT2D eigenvalue weighted by molar-refractivity contribution is 8.01. The molecule has 0 bridgehead atoms. The summed E-state index contributed by atoms with van der Waals surface area (Å²) >= 11 is 5.18. The van der Waals surface area contributed by atoms with Crippen LogP contribution in [0.25, 0.3) is 0 Å². The van der Waals surface area contributed by atoms with Crippen LogP contribution in [0.1, 0.15) is 10.4 Å². The van der Waals surface area contributed by atoms with E-state index in [1.165, 1.54) is 18.2 Å². The third-order valence-electron chi connectivity index (χ3n) is 1.66. The van der Waals surface area contributed by atoms with Crippen molar-refractivity contribution in [3.05, 3.63) is 28.8 Å². The summed E-state index contributed by atoms with van der Waals surface area (Å²) in [4.78, 5) is 11.3. The van der Waals surface area contributed by atoms with E-state index in [0.29, 0.717) is 0 Å². The minimum absolute atomic E-state index is 0.0106. The molecule has 0 aliphatic rings. The molecular formula is C9H7ClF3NO2S. The van der Waals surface area contributed by atoms with Crippen LogP contribution >= 0.6 is 23.5 Å². The number of carbonyl (C=O) groups is 1. The van der Waals surface area contributed by atoms with Crippen molar-refractivity contribution in [2.75, 3.05) is 11.8 Å². The van der Waals surface area contributed by atoms with E-state index in [-0.39, 0.29) is 16.3 Å². The van der Waals surface area contributed by atoms with Gasteiger partial charge in [0.05, 0.1) is 30.3 Å². The standard InChI is InChI=1S/C9H7ClF3NO2S/c1-16-8(15)6-4-5(10)2-3-7(6)14-17-9(11,12)13/h2-4,14H,1H3. The van der Waals surface area contributed by atoms with E-state index in [0.717, 1.165) is 7.11 Å². The zero-order chi connectivity index (χ0) is 13.1. The van der Waals surface area contributed by atoms with Gasteiger partial charge in [-0.1, -0.05) is 11.6 Å². The van der Waals surface area contributed by atoms with Crippen LogP contribution in [0.3, 0.4) is 0 Å². The zero-order valence-corrected chi connectivity index (χ0v) is 10.0. The largest absolute Gasteiger partial charge is 0.465 e. The highest BCUT2D eigenvalue weighted by Gasteiger charge is 2.29. The van der Waals surface area contributed by atoms with Crippen molar-refractivity contribution in [3.8, 4) is 0 Å². The first-order valence-electron chi connectivity index (χ1n) is 4.22. The number of nitrogens with one attached hydrogen (secondary N) is 1. The molecule has 1 aromatic rings. The van der Waals surface area contributed by atoms with Gasteiger partial charge in [0, 0.05) is 5.02 Å². The molecule has 0 amide bonds. The van der Waals surface area contributed by atoms with E-state index in [2.05, 4.69) is 4.74 Å². The quantitative estimate of drug-likeness (QED) is 0.679. The van der Waals surface area contributed by atoms with Gasteiger partial charge in [-0.15, -0.1) is 0 Å². The van der Waals surface area contributed by atoms with Gasteiger partial charge in [0.15, 0.2) is 0 Å². The number of anilines is 1. The average molecular weight is 286 g/mol. The second kappa shape index (κ2) is 5.50. The van der Waals surface area contributed by atoms with Gasteiger partial charge in [0.1, 0.15) is 0 Å². The number of methoxy groups -OCH3 is 1. The Morgan fingerprint density at radius 2 is 2.12 bits per heavy atom. The molecule has 0 fully saturated rings. The van der Waals surface area contributed by atoms with Gasteiger partial charge in [0.2, 0.25) is 0 Å². The van der Waals surface area contributed by atoms with Crippen molar-refractivity contribution < 1.29 is 22.7 Å². The fourth-order valence-electron chi connectivity index (χ4n) is 0.997. The molecule has 0 aromatic heterocycles. The van der Waals surface area contributed by atoms with Crippen LogP contribution in [0.4, 0.5) is 18.9 Å². The Labute approximate surface area is 104 Å². The number of hydrogen-bond donors (Lipinski definition) is 1. The first kappa shape index (κ1) is 14.0. The number of esters is 1. The predicted molar refractivity (Wildman–Crippen MR) is 60.1 cm³/mol. The fourth-order valence-corrected chi connectivity index (χ4v) is 1.57. The lowest BCUT2D eigenvalue weighted by atomic mass is 10.2. The van der Waals surface area contributed by atoms with E-state index < -0.39 is 23.4 Å². The van der Waals surface area contributed by atoms with Crippen molar-refractivity contribution in [3.63, 3.8) is 0 Å². The first-order valence-corrected chi connectivity index (χ1v) is 5.41. The molecule has 17 heavy (non-hydrogen) atoms. The summed E-state index contributed by atoms with van der Waals surface area (Å²) in [6.45, 7) is 0. The molecule has 0 unspecified atom stereocenters. The average Bonchev–Trinajstić information content (AvgIpc) is 2.25. The number of rotatable bonds is 3. The lowest BCUT2D eigenvalue weighted by Crippen LogP contribution is -2.09. The highest BCUT2D eigenvalue weighted by Crippen LogP contribution is 2.33. The first-order chi connectivity index (χ1) is 7.83. The van der Waals surface area contributed by atoms with Crippen LogP contribution in [0.5, 0.6) is 0 Å². The van der Waals surface area contributed by atoms with Gasteiger partial charge in [0.25, 0.3) is 0 Å². The van der Waals surface area contributed by atoms with E-state index in [9.17, 15) is 18.0 Å². The van der Waals surface area contributed by atoms with Crippen molar-refractivity contribution in [1.29, 1.82) is 0 Å². The van der Waals surface area contributed by atoms with Crippen molar-refractivity contribution in [1.82, 2.24) is 0 Å². The van der Waals surface area contributed by atoms with E-state index in [1.807, 2.05) is 4.72 Å². The second-order valence-electron chi connectivity index (χ2n) is 2.83. The minimum atomic E-state index is -4.45. The maximum atomic E-state index is 12.0.